The van der Waals surface area contributed by atoms with E-state index in [0.717, 1.165) is 0 Å². The van der Waals surface area contributed by atoms with Gasteiger partial charge in [-0.1, -0.05) is 133 Å². The standard InChI is InChI=1S/C93H158N28O15/c1-57(2)52-71(87(132)113-64(37-17-23-45-95)80(125)109-63(36-16-22-44-94)79(124)108-56-75(122)121-77(59(5)6)78(101)123)117-84(129)66(39-19-25-47-97)111-83(128)69(42-28-50-106-92(102)103)115-89(134)73(54-61-32-12-8-13-33-61)120-90(135)74(55-62-34-14-9-15-35-62)119-85(130)67(40-20-26-48-98)110-81(126)65(38-18-24-46-96)114-88(133)72(53-60-30-10-7-11-31-60)118-86(131)70(43-29-51-107-93(104)105)112-82(127)68(41-21-27-49-99)116-91(136)76(100)58(3)4/h7-15,30-35,57-59,63-74,76-77H,16-29,36-56,94-100H2,1-6H3,(H2,101,123)(H,108,124)(H,109,125)(H,110,126)(H,111,128)(H,112,127)(H,113,132)(H,114,133)(H,115,134)(H,116,136)(H,117,129)(H,118,131)(H,119,130)(H,120,135)(H,121,122)(H4,102,103,106)(H4,104,105,107)/t63-,64-,65-,66-,67-,68-,69-,70-,71-,72-,73-,74-,76-,77-/m0/s1. The number of guanidine groups is 2. The van der Waals surface area contributed by atoms with Crippen molar-refractivity contribution in [1.29, 1.82) is 10.8 Å². The molecule has 760 valence electrons. The van der Waals surface area contributed by atoms with E-state index >= 15 is 28.8 Å². The molecular formula is C93H158N28O15. The van der Waals surface area contributed by atoms with Crippen molar-refractivity contribution >= 4 is 101 Å². The average molecular weight is 1910 g/mol. The van der Waals surface area contributed by atoms with Crippen LogP contribution in [0.1, 0.15) is 206 Å². The summed E-state index contributed by atoms with van der Waals surface area (Å²) in [6.07, 6.45) is 4.08. The van der Waals surface area contributed by atoms with E-state index in [4.69, 9.17) is 68.2 Å². The van der Waals surface area contributed by atoms with Gasteiger partial charge in [0.25, 0.3) is 0 Å². The van der Waals surface area contributed by atoms with Gasteiger partial charge >= 0.3 is 0 Å². The fourth-order valence-corrected chi connectivity index (χ4v) is 14.7. The number of rotatable bonds is 71. The Bertz CT molecular complexity index is 4180. The second kappa shape index (κ2) is 67.2. The Morgan fingerprint density at radius 2 is 0.500 bits per heavy atom. The number of carbonyl (C=O) groups is 15. The van der Waals surface area contributed by atoms with Crippen LogP contribution in [0.5, 0.6) is 0 Å². The number of hydrogen-bond acceptors (Lipinski definition) is 24. The highest BCUT2D eigenvalue weighted by Gasteiger charge is 2.39. The first-order chi connectivity index (χ1) is 64.9. The molecule has 0 aliphatic carbocycles. The summed E-state index contributed by atoms with van der Waals surface area (Å²) in [6.45, 7) is 11.4. The summed E-state index contributed by atoms with van der Waals surface area (Å²) in [4.78, 5) is 217. The fourth-order valence-electron chi connectivity index (χ4n) is 14.7. The predicted octanol–water partition coefficient (Wildman–Crippen LogP) is -3.40. The zero-order chi connectivity index (χ0) is 101. The molecule has 0 bridgehead atoms. The lowest BCUT2D eigenvalue weighted by atomic mass is 10.00. The Kier molecular flexibility index (Phi) is 58.4. The predicted molar refractivity (Wildman–Crippen MR) is 521 cm³/mol. The highest BCUT2D eigenvalue weighted by molar-refractivity contribution is 6.01. The Morgan fingerprint density at radius 3 is 0.735 bits per heavy atom. The molecule has 43 heteroatoms. The van der Waals surface area contributed by atoms with Gasteiger partial charge in [-0.2, -0.15) is 0 Å². The van der Waals surface area contributed by atoms with Crippen molar-refractivity contribution in [2.75, 3.05) is 58.9 Å². The van der Waals surface area contributed by atoms with Crippen molar-refractivity contribution in [3.8, 4) is 0 Å². The number of benzene rings is 3. The summed E-state index contributed by atoms with van der Waals surface area (Å²) in [5, 5.41) is 59.5. The maximum absolute atomic E-state index is 15.5. The molecule has 15 amide bonds. The van der Waals surface area contributed by atoms with Crippen LogP contribution in [0.4, 0.5) is 0 Å². The lowest BCUT2D eigenvalue weighted by molar-refractivity contribution is -0.136. The van der Waals surface area contributed by atoms with Crippen LogP contribution in [0, 0.1) is 28.6 Å². The maximum atomic E-state index is 15.5. The quantitative estimate of drug-likeness (QED) is 0.0149. The van der Waals surface area contributed by atoms with Crippen LogP contribution in [0.25, 0.3) is 0 Å². The molecule has 0 saturated heterocycles. The number of nitrogens with two attached hydrogens (primary N) is 10. The molecular weight excluding hydrogens is 1750 g/mol. The molecule has 0 unspecified atom stereocenters. The Morgan fingerprint density at radius 1 is 0.272 bits per heavy atom. The Balaban J connectivity index is 2.14. The van der Waals surface area contributed by atoms with E-state index in [9.17, 15) is 43.2 Å². The molecule has 0 saturated carbocycles. The molecule has 0 heterocycles. The summed E-state index contributed by atoms with van der Waals surface area (Å²) < 4.78 is 0. The summed E-state index contributed by atoms with van der Waals surface area (Å²) in [7, 11) is 0. The van der Waals surface area contributed by atoms with Gasteiger partial charge in [-0.25, -0.2) is 0 Å². The number of nitrogens with one attached hydrogen (secondary N) is 18. The number of hydrogen-bond donors (Lipinski definition) is 28. The first-order valence-electron chi connectivity index (χ1n) is 47.6. The minimum atomic E-state index is -1.53. The molecule has 14 atom stereocenters. The second-order valence-electron chi connectivity index (χ2n) is 35.3. The van der Waals surface area contributed by atoms with Gasteiger partial charge in [0.15, 0.2) is 11.9 Å². The summed E-state index contributed by atoms with van der Waals surface area (Å²) in [6, 6.07) is 7.12. The summed E-state index contributed by atoms with van der Waals surface area (Å²) in [5.74, 6) is -13.7. The van der Waals surface area contributed by atoms with Crippen LogP contribution in [-0.2, 0) is 91.2 Å². The van der Waals surface area contributed by atoms with E-state index in [2.05, 4.69) is 85.1 Å². The van der Waals surface area contributed by atoms with Crippen molar-refractivity contribution in [1.82, 2.24) is 85.1 Å². The third-order valence-corrected chi connectivity index (χ3v) is 22.5. The first kappa shape index (κ1) is 118. The molecule has 0 aromatic heterocycles. The van der Waals surface area contributed by atoms with Crippen LogP contribution in [0.15, 0.2) is 91.0 Å². The third-order valence-electron chi connectivity index (χ3n) is 22.5. The monoisotopic (exact) mass is 1910 g/mol. The topological polar surface area (TPSA) is 756 Å². The van der Waals surface area contributed by atoms with Crippen molar-refractivity contribution in [3.05, 3.63) is 108 Å². The van der Waals surface area contributed by atoms with E-state index in [-0.39, 0.29) is 179 Å². The van der Waals surface area contributed by atoms with Gasteiger partial charge in [-0.05, 0) is 221 Å². The summed E-state index contributed by atoms with van der Waals surface area (Å²) in [5.41, 5.74) is 60.0. The van der Waals surface area contributed by atoms with Gasteiger partial charge in [-0.3, -0.25) is 82.7 Å². The molecule has 0 aliphatic heterocycles. The molecule has 38 N–H and O–H groups in total. The highest BCUT2D eigenvalue weighted by Crippen LogP contribution is 2.18. The minimum absolute atomic E-state index is 0.00878. The van der Waals surface area contributed by atoms with Gasteiger partial charge in [0.1, 0.15) is 78.5 Å². The molecule has 0 spiro atoms. The van der Waals surface area contributed by atoms with Gasteiger partial charge in [0.2, 0.25) is 88.6 Å². The van der Waals surface area contributed by atoms with E-state index in [1.54, 1.807) is 133 Å². The Labute approximate surface area is 799 Å². The van der Waals surface area contributed by atoms with E-state index < -0.39 is 186 Å². The maximum Gasteiger partial charge on any atom is 0.243 e. The smallest absolute Gasteiger partial charge is 0.243 e. The normalized spacial score (nSPS) is 14.3. The van der Waals surface area contributed by atoms with Crippen molar-refractivity contribution in [2.24, 2.45) is 75.1 Å². The molecule has 43 nitrogen and oxygen atoms in total. The zero-order valence-corrected chi connectivity index (χ0v) is 80.1. The number of carbonyl (C=O) groups excluding carboxylic acids is 15. The third kappa shape index (κ3) is 47.9. The van der Waals surface area contributed by atoms with E-state index in [0.29, 0.717) is 81.0 Å². The summed E-state index contributed by atoms with van der Waals surface area (Å²) >= 11 is 0. The van der Waals surface area contributed by atoms with Crippen LogP contribution in [0.3, 0.4) is 0 Å². The van der Waals surface area contributed by atoms with Gasteiger partial charge in [0, 0.05) is 32.4 Å². The van der Waals surface area contributed by atoms with Crippen LogP contribution >= 0.6 is 0 Å². The van der Waals surface area contributed by atoms with Gasteiger partial charge in [-0.15, -0.1) is 0 Å². The number of amides is 15. The van der Waals surface area contributed by atoms with Crippen molar-refractivity contribution in [3.63, 3.8) is 0 Å². The van der Waals surface area contributed by atoms with Crippen molar-refractivity contribution in [2.45, 2.75) is 293 Å². The Hall–Kier alpha value is -12.0. The lowest BCUT2D eigenvalue weighted by Crippen LogP contribution is -2.61. The molecule has 3 aromatic carbocycles. The van der Waals surface area contributed by atoms with Crippen LogP contribution < -0.4 is 142 Å². The molecule has 0 fully saturated rings. The van der Waals surface area contributed by atoms with Gasteiger partial charge in [0.05, 0.1) is 12.6 Å². The molecule has 136 heavy (non-hydrogen) atoms. The van der Waals surface area contributed by atoms with E-state index in [1.807, 2.05) is 0 Å². The van der Waals surface area contributed by atoms with Crippen LogP contribution in [-0.4, -0.2) is 244 Å². The number of primary amides is 1. The SMILES string of the molecule is CC(C)C[C@H](NC(=O)[C@H](CCCCN)NC(=O)[C@H](CCCNC(=N)N)NC(=O)[C@H](Cc1ccccc1)NC(=O)[C@H](Cc1ccccc1)NC(=O)[C@H](CCCCN)NC(=O)[C@H](CCCCN)NC(=O)[C@H](Cc1ccccc1)NC(=O)[C@H](CCCNC(=N)N)NC(=O)[C@H](CCCCN)NC(=O)[C@@H](N)C(C)C)C(=O)N[C@@H](CCCCN)C(=O)N[C@@H](CCCCN)C(=O)NCC(=O)N[C@H](C(N)=O)C(C)C. The first-order valence-corrected chi connectivity index (χ1v) is 47.6. The number of unbranched alkanes of at least 4 members (excludes halogenated alkanes) is 6. The average Bonchev–Trinajstić information content (AvgIpc) is 0.844. The molecule has 3 aromatic rings. The largest absolute Gasteiger partial charge is 0.370 e. The van der Waals surface area contributed by atoms with Crippen LogP contribution in [0.2, 0.25) is 0 Å². The molecule has 0 radical (unpaired) electrons. The van der Waals surface area contributed by atoms with Crippen molar-refractivity contribution < 1.29 is 71.9 Å². The second-order valence-corrected chi connectivity index (χ2v) is 35.3. The highest BCUT2D eigenvalue weighted by atomic mass is 16.2. The zero-order valence-electron chi connectivity index (χ0n) is 80.1. The van der Waals surface area contributed by atoms with Gasteiger partial charge < -0.3 is 142 Å². The van der Waals surface area contributed by atoms with E-state index in [1.165, 1.54) is 0 Å². The fraction of sp³-hybridized carbons (Fsp3) is 0.624. The minimum Gasteiger partial charge on any atom is -0.370 e. The molecule has 3 rings (SSSR count). The molecule has 0 aliphatic rings. The lowest BCUT2D eigenvalue weighted by Gasteiger charge is -2.29.